The van der Waals surface area contributed by atoms with Gasteiger partial charge in [0.1, 0.15) is 6.61 Å². The summed E-state index contributed by atoms with van der Waals surface area (Å²) in [6.45, 7) is -0.138. The summed E-state index contributed by atoms with van der Waals surface area (Å²) in [5.74, 6) is 0. The van der Waals surface area contributed by atoms with Crippen molar-refractivity contribution in [3.8, 4) is 0 Å². The molecule has 0 heterocycles. The van der Waals surface area contributed by atoms with Crippen molar-refractivity contribution < 1.29 is 5.11 Å². The van der Waals surface area contributed by atoms with Gasteiger partial charge in [-0.3, -0.25) is 0 Å². The Balaban J connectivity index is 2.79. The molecular weight excluding hydrogens is 148 g/mol. The van der Waals surface area contributed by atoms with E-state index in [0.29, 0.717) is 0 Å². The maximum absolute atomic E-state index is 10.7. The van der Waals surface area contributed by atoms with Crippen molar-refractivity contribution in [3.05, 3.63) is 48.0 Å². The molecule has 0 N–H and O–H groups in total. The standard InChI is InChI=1S/C11H9O/c12-8-10-6-3-5-9-4-1-2-7-11(9)10/h1-7H,8H2. The van der Waals surface area contributed by atoms with Crippen LogP contribution in [0.1, 0.15) is 5.56 Å². The average Bonchev–Trinajstić information content (AvgIpc) is 2.17. The third kappa shape index (κ3) is 1.08. The van der Waals surface area contributed by atoms with Crippen molar-refractivity contribution in [3.63, 3.8) is 0 Å². The highest BCUT2D eigenvalue weighted by Crippen LogP contribution is 2.17. The smallest absolute Gasteiger partial charge is 0.108 e. The van der Waals surface area contributed by atoms with Gasteiger partial charge in [0, 0.05) is 0 Å². The van der Waals surface area contributed by atoms with E-state index < -0.39 is 0 Å². The van der Waals surface area contributed by atoms with Crippen LogP contribution in [0.4, 0.5) is 0 Å². The zero-order valence-electron chi connectivity index (χ0n) is 6.66. The molecule has 1 nitrogen and oxygen atoms in total. The highest BCUT2D eigenvalue weighted by Gasteiger charge is 1.97. The van der Waals surface area contributed by atoms with Crippen LogP contribution in [0.15, 0.2) is 42.5 Å². The van der Waals surface area contributed by atoms with Crippen molar-refractivity contribution in [2.75, 3.05) is 0 Å². The van der Waals surface area contributed by atoms with Gasteiger partial charge in [-0.25, -0.2) is 5.11 Å². The molecule has 0 atom stereocenters. The Morgan fingerprint density at radius 2 is 1.67 bits per heavy atom. The second-order valence-electron chi connectivity index (χ2n) is 2.78. The highest BCUT2D eigenvalue weighted by atomic mass is 16.3. The predicted octanol–water partition coefficient (Wildman–Crippen LogP) is 2.77. The molecule has 2 aromatic rings. The van der Waals surface area contributed by atoms with Crippen LogP contribution >= 0.6 is 0 Å². The van der Waals surface area contributed by atoms with Gasteiger partial charge in [0.15, 0.2) is 0 Å². The molecule has 2 rings (SSSR count). The molecule has 0 amide bonds. The molecule has 0 aromatic heterocycles. The Morgan fingerprint density at radius 3 is 2.50 bits per heavy atom. The lowest BCUT2D eigenvalue weighted by Gasteiger charge is -2.00. The molecular formula is C11H9O. The lowest BCUT2D eigenvalue weighted by atomic mass is 10.1. The number of hydrogen-bond donors (Lipinski definition) is 0. The molecule has 0 saturated heterocycles. The normalized spacial score (nSPS) is 10.4. The first-order chi connectivity index (χ1) is 5.92. The molecule has 59 valence electrons. The third-order valence-electron chi connectivity index (χ3n) is 2.04. The Hall–Kier alpha value is -1.34. The van der Waals surface area contributed by atoms with Gasteiger partial charge in [0.2, 0.25) is 0 Å². The summed E-state index contributed by atoms with van der Waals surface area (Å²) in [6.07, 6.45) is 0. The van der Waals surface area contributed by atoms with E-state index in [-0.39, 0.29) is 6.61 Å². The number of benzene rings is 2. The number of hydrogen-bond acceptors (Lipinski definition) is 0. The summed E-state index contributed by atoms with van der Waals surface area (Å²) in [4.78, 5) is 0. The van der Waals surface area contributed by atoms with Gasteiger partial charge in [0.05, 0.1) is 0 Å². The number of rotatable bonds is 1. The summed E-state index contributed by atoms with van der Waals surface area (Å²) in [7, 11) is 0. The fourth-order valence-electron chi connectivity index (χ4n) is 1.42. The third-order valence-corrected chi connectivity index (χ3v) is 2.04. The van der Waals surface area contributed by atoms with Crippen LogP contribution in [0.3, 0.4) is 0 Å². The van der Waals surface area contributed by atoms with Crippen LogP contribution in [-0.2, 0) is 11.7 Å². The maximum atomic E-state index is 10.7. The lowest BCUT2D eigenvalue weighted by molar-refractivity contribution is 0.179. The topological polar surface area (TPSA) is 19.9 Å². The molecule has 0 aliphatic carbocycles. The van der Waals surface area contributed by atoms with E-state index in [9.17, 15) is 5.11 Å². The lowest BCUT2D eigenvalue weighted by Crippen LogP contribution is -1.82. The molecule has 0 bridgehead atoms. The molecule has 1 radical (unpaired) electrons. The van der Waals surface area contributed by atoms with E-state index in [1.807, 2.05) is 42.5 Å². The van der Waals surface area contributed by atoms with E-state index in [2.05, 4.69) is 0 Å². The van der Waals surface area contributed by atoms with E-state index >= 15 is 0 Å². The van der Waals surface area contributed by atoms with Crippen LogP contribution < -0.4 is 0 Å². The zero-order valence-corrected chi connectivity index (χ0v) is 6.66. The van der Waals surface area contributed by atoms with Crippen molar-refractivity contribution >= 4 is 10.8 Å². The van der Waals surface area contributed by atoms with E-state index in [1.165, 1.54) is 0 Å². The first-order valence-corrected chi connectivity index (χ1v) is 3.96. The molecule has 0 aliphatic heterocycles. The minimum atomic E-state index is -0.138. The van der Waals surface area contributed by atoms with Crippen LogP contribution in [0, 0.1) is 0 Å². The number of fused-ring (bicyclic) bond motifs is 1. The molecule has 0 spiro atoms. The van der Waals surface area contributed by atoms with Gasteiger partial charge in [-0.1, -0.05) is 42.5 Å². The van der Waals surface area contributed by atoms with Crippen LogP contribution in [0.25, 0.3) is 10.8 Å². The van der Waals surface area contributed by atoms with E-state index in [1.54, 1.807) is 0 Å². The van der Waals surface area contributed by atoms with E-state index in [0.717, 1.165) is 16.3 Å². The fourth-order valence-corrected chi connectivity index (χ4v) is 1.42. The fraction of sp³-hybridized carbons (Fsp3) is 0.0909. The molecule has 0 fully saturated rings. The Bertz CT molecular complexity index is 388. The van der Waals surface area contributed by atoms with Gasteiger partial charge in [-0.15, -0.1) is 0 Å². The largest absolute Gasteiger partial charge is 0.232 e. The van der Waals surface area contributed by atoms with Crippen LogP contribution in [-0.4, -0.2) is 0 Å². The minimum Gasteiger partial charge on any atom is -0.232 e. The van der Waals surface area contributed by atoms with Crippen molar-refractivity contribution in [2.45, 2.75) is 6.61 Å². The Kier molecular flexibility index (Phi) is 1.80. The molecule has 0 unspecified atom stereocenters. The van der Waals surface area contributed by atoms with Crippen LogP contribution in [0.5, 0.6) is 0 Å². The van der Waals surface area contributed by atoms with Gasteiger partial charge in [-0.2, -0.15) is 0 Å². The predicted molar refractivity (Wildman–Crippen MR) is 48.3 cm³/mol. The summed E-state index contributed by atoms with van der Waals surface area (Å²) in [5, 5.41) is 13.0. The molecule has 1 heteroatoms. The molecule has 2 aromatic carbocycles. The minimum absolute atomic E-state index is 0.138. The van der Waals surface area contributed by atoms with E-state index in [4.69, 9.17) is 0 Å². The molecule has 0 aliphatic rings. The highest BCUT2D eigenvalue weighted by molar-refractivity contribution is 5.85. The molecule has 0 saturated carbocycles. The Morgan fingerprint density at radius 1 is 0.917 bits per heavy atom. The van der Waals surface area contributed by atoms with Crippen molar-refractivity contribution in [1.29, 1.82) is 0 Å². The van der Waals surface area contributed by atoms with Gasteiger partial charge in [0.25, 0.3) is 0 Å². The van der Waals surface area contributed by atoms with Crippen molar-refractivity contribution in [2.24, 2.45) is 0 Å². The first kappa shape index (κ1) is 7.32. The monoisotopic (exact) mass is 157 g/mol. The van der Waals surface area contributed by atoms with Crippen LogP contribution in [0.2, 0.25) is 0 Å². The maximum Gasteiger partial charge on any atom is 0.108 e. The SMILES string of the molecule is [O]Cc1cccc2ccccc12. The summed E-state index contributed by atoms with van der Waals surface area (Å²) < 4.78 is 0. The van der Waals surface area contributed by atoms with Gasteiger partial charge in [-0.05, 0) is 16.3 Å². The van der Waals surface area contributed by atoms with Gasteiger partial charge < -0.3 is 0 Å². The molecule has 12 heavy (non-hydrogen) atoms. The second kappa shape index (κ2) is 2.95. The summed E-state index contributed by atoms with van der Waals surface area (Å²) in [5.41, 5.74) is 0.883. The zero-order chi connectivity index (χ0) is 8.39. The second-order valence-corrected chi connectivity index (χ2v) is 2.78. The Labute approximate surface area is 71.3 Å². The summed E-state index contributed by atoms with van der Waals surface area (Å²) in [6, 6.07) is 13.8. The van der Waals surface area contributed by atoms with Crippen molar-refractivity contribution in [1.82, 2.24) is 0 Å². The quantitative estimate of drug-likeness (QED) is 0.606. The average molecular weight is 157 g/mol. The summed E-state index contributed by atoms with van der Waals surface area (Å²) >= 11 is 0. The first-order valence-electron chi connectivity index (χ1n) is 3.96. The van der Waals surface area contributed by atoms with Gasteiger partial charge >= 0.3 is 0 Å².